The fraction of sp³-hybridized carbons (Fsp3) is 0.370. The first-order valence-electron chi connectivity index (χ1n) is 12.3. The molecule has 7 nitrogen and oxygen atoms in total. The maximum Gasteiger partial charge on any atom is 0.295 e. The minimum atomic E-state index is -0.706. The van der Waals surface area contributed by atoms with Crippen LogP contribution >= 0.6 is 15.9 Å². The monoisotopic (exact) mass is 555 g/mol. The van der Waals surface area contributed by atoms with Crippen LogP contribution in [0.4, 0.5) is 4.39 Å². The molecule has 0 radical (unpaired) electrons. The van der Waals surface area contributed by atoms with Crippen LogP contribution in [0.5, 0.6) is 0 Å². The van der Waals surface area contributed by atoms with Gasteiger partial charge in [-0.25, -0.2) is 4.39 Å². The van der Waals surface area contributed by atoms with Gasteiger partial charge in [-0.2, -0.15) is 0 Å². The highest BCUT2D eigenvalue weighted by Crippen LogP contribution is 2.29. The Hall–Kier alpha value is -3.04. The summed E-state index contributed by atoms with van der Waals surface area (Å²) < 4.78 is 15.1. The largest absolute Gasteiger partial charge is 0.359 e. The van der Waals surface area contributed by atoms with E-state index in [9.17, 15) is 14.0 Å². The van der Waals surface area contributed by atoms with Crippen molar-refractivity contribution < 1.29 is 14.0 Å². The highest BCUT2D eigenvalue weighted by atomic mass is 79.9. The lowest BCUT2D eigenvalue weighted by Crippen LogP contribution is -2.52. The van der Waals surface area contributed by atoms with Crippen LogP contribution in [0, 0.1) is 5.82 Å². The second kappa shape index (κ2) is 11.8. The maximum atomic E-state index is 14.5. The summed E-state index contributed by atoms with van der Waals surface area (Å²) in [7, 11) is 0. The van der Waals surface area contributed by atoms with Crippen molar-refractivity contribution in [2.75, 3.05) is 52.4 Å². The van der Waals surface area contributed by atoms with E-state index in [4.69, 9.17) is 4.99 Å². The molecular weight excluding hydrogens is 525 g/mol. The molecule has 0 saturated carbocycles. The van der Waals surface area contributed by atoms with Crippen molar-refractivity contribution in [3.05, 3.63) is 70.1 Å². The molecular formula is C27H31BrFN5O2. The summed E-state index contributed by atoms with van der Waals surface area (Å²) in [4.78, 5) is 40.0. The zero-order valence-electron chi connectivity index (χ0n) is 20.6. The number of piperazine rings is 1. The number of nitrogens with zero attached hydrogens (tertiary/aromatic N) is 4. The van der Waals surface area contributed by atoms with Crippen LogP contribution < -0.4 is 0 Å². The highest BCUT2D eigenvalue weighted by Gasteiger charge is 2.30. The van der Waals surface area contributed by atoms with Crippen molar-refractivity contribution in [3.63, 3.8) is 0 Å². The van der Waals surface area contributed by atoms with E-state index in [0.717, 1.165) is 31.0 Å². The third kappa shape index (κ3) is 5.52. The van der Waals surface area contributed by atoms with Crippen molar-refractivity contribution >= 4 is 44.4 Å². The summed E-state index contributed by atoms with van der Waals surface area (Å²) in [6.07, 6.45) is 1.41. The van der Waals surface area contributed by atoms with E-state index in [1.165, 1.54) is 12.3 Å². The van der Waals surface area contributed by atoms with E-state index >= 15 is 0 Å². The lowest BCUT2D eigenvalue weighted by Gasteiger charge is -2.36. The summed E-state index contributed by atoms with van der Waals surface area (Å²) in [5.74, 6) is -0.953. The molecule has 1 aromatic heterocycles. The van der Waals surface area contributed by atoms with Gasteiger partial charge >= 0.3 is 0 Å². The molecule has 36 heavy (non-hydrogen) atoms. The number of amidine groups is 1. The molecule has 4 rings (SSSR count). The Balaban J connectivity index is 1.46. The summed E-state index contributed by atoms with van der Waals surface area (Å²) in [5.41, 5.74) is 1.55. The molecule has 0 aliphatic carbocycles. The summed E-state index contributed by atoms with van der Waals surface area (Å²) in [6, 6.07) is 12.9. The first-order valence-corrected chi connectivity index (χ1v) is 13.1. The molecule has 3 aromatic rings. The maximum absolute atomic E-state index is 14.5. The molecule has 1 N–H and O–H groups in total. The molecule has 9 heteroatoms. The standard InChI is InChI=1S/C27H31BrFN5O2/c1-3-32(4-2)13-12-30-26(19-8-6-5-7-9-19)33-14-16-34(17-15-33)27(36)25(35)20-18-31-24-21(28)10-11-22(29)23(20)24/h5-11,18,31H,3-4,12-17H2,1-2H3. The van der Waals surface area contributed by atoms with Crippen molar-refractivity contribution in [1.82, 2.24) is 19.7 Å². The highest BCUT2D eigenvalue weighted by molar-refractivity contribution is 9.10. The second-order valence-electron chi connectivity index (χ2n) is 8.69. The van der Waals surface area contributed by atoms with Gasteiger partial charge in [0.05, 0.1) is 17.6 Å². The number of ketones is 1. The number of amides is 1. The zero-order valence-corrected chi connectivity index (χ0v) is 22.2. The van der Waals surface area contributed by atoms with Crippen LogP contribution in [0.2, 0.25) is 0 Å². The summed E-state index contributed by atoms with van der Waals surface area (Å²) in [6.45, 7) is 9.73. The van der Waals surface area contributed by atoms with E-state index < -0.39 is 17.5 Å². The smallest absolute Gasteiger partial charge is 0.295 e. The van der Waals surface area contributed by atoms with Gasteiger partial charge < -0.3 is 19.7 Å². The molecule has 190 valence electrons. The number of aromatic nitrogens is 1. The predicted molar refractivity (Wildman–Crippen MR) is 144 cm³/mol. The average molecular weight is 556 g/mol. The van der Waals surface area contributed by atoms with Crippen LogP contribution in [-0.4, -0.2) is 89.6 Å². The van der Waals surface area contributed by atoms with Gasteiger partial charge in [0.25, 0.3) is 11.7 Å². The SMILES string of the molecule is CCN(CC)CCN=C(c1ccccc1)N1CCN(C(=O)C(=O)c2c[nH]c3c(Br)ccc(F)c23)CC1. The van der Waals surface area contributed by atoms with Crippen molar-refractivity contribution in [2.24, 2.45) is 4.99 Å². The number of nitrogens with one attached hydrogen (secondary N) is 1. The fourth-order valence-corrected chi connectivity index (χ4v) is 4.98. The number of aromatic amines is 1. The number of hydrogen-bond donors (Lipinski definition) is 1. The Kier molecular flexibility index (Phi) is 8.53. The Morgan fingerprint density at radius 2 is 1.69 bits per heavy atom. The van der Waals surface area contributed by atoms with Crippen LogP contribution in [0.3, 0.4) is 0 Å². The van der Waals surface area contributed by atoms with E-state index in [1.807, 2.05) is 30.3 Å². The van der Waals surface area contributed by atoms with Gasteiger partial charge in [-0.05, 0) is 41.2 Å². The normalized spacial score (nSPS) is 14.6. The molecule has 1 fully saturated rings. The molecule has 1 amide bonds. The Bertz CT molecular complexity index is 1250. The number of benzene rings is 2. The van der Waals surface area contributed by atoms with Crippen molar-refractivity contribution in [1.29, 1.82) is 0 Å². The number of carbonyl (C=O) groups excluding carboxylic acids is 2. The third-order valence-electron chi connectivity index (χ3n) is 6.64. The number of hydrogen-bond acceptors (Lipinski definition) is 4. The van der Waals surface area contributed by atoms with E-state index in [0.29, 0.717) is 42.7 Å². The Morgan fingerprint density at radius 3 is 2.36 bits per heavy atom. The van der Waals surface area contributed by atoms with Crippen molar-refractivity contribution in [2.45, 2.75) is 13.8 Å². The number of likely N-dealkylation sites (N-methyl/N-ethyl adjacent to an activating group) is 1. The second-order valence-corrected chi connectivity index (χ2v) is 9.54. The van der Waals surface area contributed by atoms with Crippen LogP contribution in [0.1, 0.15) is 29.8 Å². The van der Waals surface area contributed by atoms with E-state index in [1.54, 1.807) is 11.0 Å². The van der Waals surface area contributed by atoms with Crippen LogP contribution in [0.25, 0.3) is 10.9 Å². The predicted octanol–water partition coefficient (Wildman–Crippen LogP) is 4.19. The Morgan fingerprint density at radius 1 is 1.03 bits per heavy atom. The van der Waals surface area contributed by atoms with Crippen molar-refractivity contribution in [3.8, 4) is 0 Å². The molecule has 0 bridgehead atoms. The molecule has 1 saturated heterocycles. The first kappa shape index (κ1) is 26.0. The lowest BCUT2D eigenvalue weighted by molar-refractivity contribution is -0.127. The lowest BCUT2D eigenvalue weighted by atomic mass is 10.1. The van der Waals surface area contributed by atoms with Gasteiger partial charge in [-0.1, -0.05) is 44.2 Å². The van der Waals surface area contributed by atoms with Gasteiger partial charge in [0, 0.05) is 54.3 Å². The topological polar surface area (TPSA) is 72.0 Å². The van der Waals surface area contributed by atoms with Gasteiger partial charge in [0.15, 0.2) is 0 Å². The zero-order chi connectivity index (χ0) is 25.7. The summed E-state index contributed by atoms with van der Waals surface area (Å²) >= 11 is 3.36. The molecule has 0 spiro atoms. The average Bonchev–Trinajstić information content (AvgIpc) is 3.37. The molecule has 2 aromatic carbocycles. The first-order chi connectivity index (χ1) is 17.4. The number of H-pyrrole nitrogens is 1. The number of Topliss-reactive ketones (excluding diaryl/α,β-unsaturated/α-hetero) is 1. The number of carbonyl (C=O) groups is 2. The van der Waals surface area contributed by atoms with Crippen LogP contribution in [-0.2, 0) is 4.79 Å². The van der Waals surface area contributed by atoms with E-state index in [-0.39, 0.29) is 10.9 Å². The number of fused-ring (bicyclic) bond motifs is 1. The number of rotatable bonds is 8. The molecule has 0 atom stereocenters. The Labute approximate surface area is 219 Å². The molecule has 2 heterocycles. The molecule has 1 aliphatic heterocycles. The minimum Gasteiger partial charge on any atom is -0.359 e. The van der Waals surface area contributed by atoms with Gasteiger partial charge in [0.1, 0.15) is 11.7 Å². The third-order valence-corrected chi connectivity index (χ3v) is 7.30. The fourth-order valence-electron chi connectivity index (χ4n) is 4.53. The minimum absolute atomic E-state index is 0.0548. The van der Waals surface area contributed by atoms with Gasteiger partial charge in [-0.15, -0.1) is 0 Å². The van der Waals surface area contributed by atoms with Crippen LogP contribution in [0.15, 0.2) is 58.1 Å². The number of aliphatic imine (C=N–C) groups is 1. The van der Waals surface area contributed by atoms with Gasteiger partial charge in [-0.3, -0.25) is 14.6 Å². The quantitative estimate of drug-likeness (QED) is 0.196. The number of halogens is 2. The summed E-state index contributed by atoms with van der Waals surface area (Å²) in [5, 5.41) is 0.132. The van der Waals surface area contributed by atoms with Gasteiger partial charge in [0.2, 0.25) is 0 Å². The molecule has 0 unspecified atom stereocenters. The van der Waals surface area contributed by atoms with E-state index in [2.05, 4.69) is 44.6 Å². The molecule has 1 aliphatic rings.